The van der Waals surface area contributed by atoms with Gasteiger partial charge in [0.25, 0.3) is 5.91 Å². The number of rotatable bonds is 3. The van der Waals surface area contributed by atoms with Crippen LogP contribution in [0.25, 0.3) is 0 Å². The zero-order chi connectivity index (χ0) is 13.3. The lowest BCUT2D eigenvalue weighted by Crippen LogP contribution is -2.43. The van der Waals surface area contributed by atoms with E-state index in [9.17, 15) is 4.79 Å². The number of nitrogens with two attached hydrogens (primary N) is 1. The summed E-state index contributed by atoms with van der Waals surface area (Å²) in [5.74, 6) is 0.0705. The predicted molar refractivity (Wildman–Crippen MR) is 71.4 cm³/mol. The highest BCUT2D eigenvalue weighted by molar-refractivity contribution is 5.98. The fourth-order valence-electron chi connectivity index (χ4n) is 2.59. The topological polar surface area (TPSA) is 83.8 Å². The highest BCUT2D eigenvalue weighted by Crippen LogP contribution is 2.30. The maximum Gasteiger partial charge on any atom is 0.274 e. The number of hydrogen-bond donors (Lipinski definition) is 3. The molecule has 5 nitrogen and oxygen atoms in total. The molecule has 100 valence electrons. The van der Waals surface area contributed by atoms with E-state index in [1.165, 1.54) is 12.8 Å². The van der Waals surface area contributed by atoms with Gasteiger partial charge in [-0.15, -0.1) is 0 Å². The van der Waals surface area contributed by atoms with Crippen LogP contribution in [-0.2, 0) is 0 Å². The average Bonchev–Trinajstić information content (AvgIpc) is 2.84. The van der Waals surface area contributed by atoms with Gasteiger partial charge in [-0.3, -0.25) is 9.89 Å². The highest BCUT2D eigenvalue weighted by Gasteiger charge is 2.32. The van der Waals surface area contributed by atoms with E-state index in [-0.39, 0.29) is 17.4 Å². The highest BCUT2D eigenvalue weighted by atomic mass is 16.2. The van der Waals surface area contributed by atoms with Crippen LogP contribution in [0.5, 0.6) is 0 Å². The molecule has 1 saturated carbocycles. The molecule has 0 atom stereocenters. The van der Waals surface area contributed by atoms with Crippen LogP contribution in [0.4, 0.5) is 5.69 Å². The van der Waals surface area contributed by atoms with Crippen LogP contribution >= 0.6 is 0 Å². The third-order valence-electron chi connectivity index (χ3n) is 3.75. The van der Waals surface area contributed by atoms with Gasteiger partial charge in [0.1, 0.15) is 0 Å². The van der Waals surface area contributed by atoms with E-state index in [4.69, 9.17) is 5.73 Å². The first-order chi connectivity index (χ1) is 8.43. The first kappa shape index (κ1) is 12.9. The molecule has 4 N–H and O–H groups in total. The van der Waals surface area contributed by atoms with E-state index >= 15 is 0 Å². The fraction of sp³-hybridized carbons (Fsp3) is 0.692. The lowest BCUT2D eigenvalue weighted by molar-refractivity contribution is 0.0904. The van der Waals surface area contributed by atoms with E-state index < -0.39 is 0 Å². The number of hydrogen-bond acceptors (Lipinski definition) is 3. The Morgan fingerprint density at radius 2 is 2.06 bits per heavy atom. The molecule has 1 aliphatic rings. The minimum absolute atomic E-state index is 0.0968. The smallest absolute Gasteiger partial charge is 0.274 e. The van der Waals surface area contributed by atoms with Gasteiger partial charge >= 0.3 is 0 Å². The van der Waals surface area contributed by atoms with Crippen molar-refractivity contribution < 1.29 is 4.79 Å². The van der Waals surface area contributed by atoms with Crippen molar-refractivity contribution in [3.63, 3.8) is 0 Å². The number of nitrogens with zero attached hydrogens (tertiary/aromatic N) is 1. The van der Waals surface area contributed by atoms with Crippen LogP contribution in [0.2, 0.25) is 0 Å². The Kier molecular flexibility index (Phi) is 3.32. The van der Waals surface area contributed by atoms with Crippen molar-refractivity contribution >= 4 is 11.6 Å². The second-order valence-electron chi connectivity index (χ2n) is 5.78. The number of aromatic nitrogens is 2. The Morgan fingerprint density at radius 3 is 2.56 bits per heavy atom. The van der Waals surface area contributed by atoms with E-state index in [1.54, 1.807) is 0 Å². The normalized spacial score (nSPS) is 18.2. The van der Waals surface area contributed by atoms with Gasteiger partial charge in [-0.25, -0.2) is 0 Å². The van der Waals surface area contributed by atoms with Crippen molar-refractivity contribution in [1.82, 2.24) is 15.5 Å². The Labute approximate surface area is 108 Å². The Balaban J connectivity index is 2.14. The fourth-order valence-corrected chi connectivity index (χ4v) is 2.59. The Bertz CT molecular complexity index is 444. The summed E-state index contributed by atoms with van der Waals surface area (Å²) < 4.78 is 0. The molecular formula is C13H22N4O. The number of nitrogens with one attached hydrogen (secondary N) is 2. The molecule has 1 fully saturated rings. The van der Waals surface area contributed by atoms with E-state index in [0.717, 1.165) is 18.5 Å². The molecule has 1 aliphatic carbocycles. The molecule has 0 spiro atoms. The number of carbonyl (C=O) groups excluding carboxylic acids is 1. The minimum atomic E-state index is -0.167. The van der Waals surface area contributed by atoms with Crippen LogP contribution in [0.15, 0.2) is 0 Å². The molecule has 5 heteroatoms. The first-order valence-corrected chi connectivity index (χ1v) is 6.59. The zero-order valence-corrected chi connectivity index (χ0v) is 11.3. The molecule has 0 bridgehead atoms. The largest absolute Gasteiger partial charge is 0.395 e. The van der Waals surface area contributed by atoms with Gasteiger partial charge in [-0.1, -0.05) is 26.7 Å². The third-order valence-corrected chi connectivity index (χ3v) is 3.75. The molecule has 0 radical (unpaired) electrons. The molecule has 1 heterocycles. The summed E-state index contributed by atoms with van der Waals surface area (Å²) in [4.78, 5) is 12.2. The molecule has 0 saturated heterocycles. The molecule has 1 amide bonds. The summed E-state index contributed by atoms with van der Waals surface area (Å²) in [6, 6.07) is 0. The van der Waals surface area contributed by atoms with Gasteiger partial charge in [-0.05, 0) is 25.7 Å². The monoisotopic (exact) mass is 250 g/mol. The van der Waals surface area contributed by atoms with Crippen molar-refractivity contribution in [3.05, 3.63) is 11.4 Å². The van der Waals surface area contributed by atoms with Crippen LogP contribution in [0.1, 0.15) is 68.6 Å². The molecule has 0 aromatic carbocycles. The Morgan fingerprint density at radius 1 is 1.44 bits per heavy atom. The van der Waals surface area contributed by atoms with Gasteiger partial charge < -0.3 is 11.1 Å². The molecule has 1 aromatic rings. The Hall–Kier alpha value is -1.52. The number of amides is 1. The van der Waals surface area contributed by atoms with Crippen molar-refractivity contribution in [3.8, 4) is 0 Å². The lowest BCUT2D eigenvalue weighted by atomic mass is 10.0. The number of aromatic amines is 1. The molecule has 1 aromatic heterocycles. The number of anilines is 1. The van der Waals surface area contributed by atoms with Crippen molar-refractivity contribution in [1.29, 1.82) is 0 Å². The SMILES string of the molecule is CC(C)c1[nH]nc(C(=O)NC2(C)CCCC2)c1N. The summed E-state index contributed by atoms with van der Waals surface area (Å²) in [7, 11) is 0. The van der Waals surface area contributed by atoms with Gasteiger partial charge in [0, 0.05) is 5.54 Å². The molecular weight excluding hydrogens is 228 g/mol. The van der Waals surface area contributed by atoms with E-state index in [1.807, 2.05) is 13.8 Å². The molecule has 0 unspecified atom stereocenters. The summed E-state index contributed by atoms with van der Waals surface area (Å²) in [5.41, 5.74) is 7.50. The zero-order valence-electron chi connectivity index (χ0n) is 11.3. The minimum Gasteiger partial charge on any atom is -0.395 e. The maximum atomic E-state index is 12.2. The second-order valence-corrected chi connectivity index (χ2v) is 5.78. The predicted octanol–water partition coefficient (Wildman–Crippen LogP) is 2.18. The van der Waals surface area contributed by atoms with Crippen molar-refractivity contribution in [2.75, 3.05) is 5.73 Å². The first-order valence-electron chi connectivity index (χ1n) is 6.59. The third kappa shape index (κ3) is 2.35. The number of carbonyl (C=O) groups is 1. The molecule has 0 aliphatic heterocycles. The quantitative estimate of drug-likeness (QED) is 0.768. The summed E-state index contributed by atoms with van der Waals surface area (Å²) in [5, 5.41) is 9.97. The standard InChI is InChI=1S/C13H22N4O/c1-8(2)10-9(14)11(17-16-10)12(18)15-13(3)6-4-5-7-13/h8H,4-7,14H2,1-3H3,(H,15,18)(H,16,17). The van der Waals surface area contributed by atoms with Crippen LogP contribution in [-0.4, -0.2) is 21.6 Å². The van der Waals surface area contributed by atoms with Gasteiger partial charge in [0.15, 0.2) is 5.69 Å². The van der Waals surface area contributed by atoms with Crippen molar-refractivity contribution in [2.45, 2.75) is 57.9 Å². The van der Waals surface area contributed by atoms with Gasteiger partial charge in [0.2, 0.25) is 0 Å². The molecule has 2 rings (SSSR count). The summed E-state index contributed by atoms with van der Waals surface area (Å²) in [6.45, 7) is 6.12. The maximum absolute atomic E-state index is 12.2. The van der Waals surface area contributed by atoms with E-state index in [2.05, 4.69) is 22.4 Å². The van der Waals surface area contributed by atoms with E-state index in [0.29, 0.717) is 11.4 Å². The van der Waals surface area contributed by atoms with Crippen molar-refractivity contribution in [2.24, 2.45) is 0 Å². The number of H-pyrrole nitrogens is 1. The van der Waals surface area contributed by atoms with Gasteiger partial charge in [-0.2, -0.15) is 5.10 Å². The summed E-state index contributed by atoms with van der Waals surface area (Å²) in [6.07, 6.45) is 4.40. The second kappa shape index (κ2) is 4.63. The number of nitrogen functional groups attached to an aromatic ring is 1. The van der Waals surface area contributed by atoms with Crippen LogP contribution in [0.3, 0.4) is 0 Å². The lowest BCUT2D eigenvalue weighted by Gasteiger charge is -2.24. The average molecular weight is 250 g/mol. The summed E-state index contributed by atoms with van der Waals surface area (Å²) >= 11 is 0. The molecule has 18 heavy (non-hydrogen) atoms. The van der Waals surface area contributed by atoms with Crippen LogP contribution in [0, 0.1) is 0 Å². The van der Waals surface area contributed by atoms with Crippen LogP contribution < -0.4 is 11.1 Å². The van der Waals surface area contributed by atoms with Gasteiger partial charge in [0.05, 0.1) is 11.4 Å².